The van der Waals surface area contributed by atoms with Crippen LogP contribution in [0.2, 0.25) is 0 Å². The van der Waals surface area contributed by atoms with E-state index in [4.69, 9.17) is 5.26 Å². The summed E-state index contributed by atoms with van der Waals surface area (Å²) in [6.07, 6.45) is 3.86. The molecule has 0 aliphatic heterocycles. The number of rotatable bonds is 8. The number of nitriles is 1. The number of amides is 1. The molecule has 0 unspecified atom stereocenters. The smallest absolute Gasteiger partial charge is 0.224 e. The van der Waals surface area contributed by atoms with E-state index in [1.807, 2.05) is 17.8 Å². The van der Waals surface area contributed by atoms with Gasteiger partial charge in [0.05, 0.1) is 11.3 Å². The van der Waals surface area contributed by atoms with Crippen molar-refractivity contribution in [3.05, 3.63) is 29.8 Å². The first-order chi connectivity index (χ1) is 9.27. The molecule has 1 N–H and O–H groups in total. The third-order valence-corrected chi connectivity index (χ3v) is 3.81. The maximum Gasteiger partial charge on any atom is 0.224 e. The molecule has 1 rings (SSSR count). The van der Waals surface area contributed by atoms with Gasteiger partial charge in [0.2, 0.25) is 5.91 Å². The predicted molar refractivity (Wildman–Crippen MR) is 81.3 cm³/mol. The summed E-state index contributed by atoms with van der Waals surface area (Å²) in [6, 6.07) is 9.14. The molecule has 1 aromatic rings. The molecule has 0 heterocycles. The SMILES string of the molecule is CCCCSCCCC(=O)Nc1ccccc1C#N. The van der Waals surface area contributed by atoms with E-state index in [-0.39, 0.29) is 5.91 Å². The zero-order valence-corrected chi connectivity index (χ0v) is 12.1. The number of carbonyl (C=O) groups excluding carboxylic acids is 1. The highest BCUT2D eigenvalue weighted by Crippen LogP contribution is 2.14. The molecule has 0 saturated carbocycles. The summed E-state index contributed by atoms with van der Waals surface area (Å²) in [7, 11) is 0. The molecule has 0 aromatic heterocycles. The van der Waals surface area contributed by atoms with E-state index < -0.39 is 0 Å². The van der Waals surface area contributed by atoms with Crippen molar-refractivity contribution in [3.63, 3.8) is 0 Å². The molecule has 0 aliphatic carbocycles. The van der Waals surface area contributed by atoms with E-state index in [1.54, 1.807) is 18.2 Å². The van der Waals surface area contributed by atoms with Crippen LogP contribution in [0.5, 0.6) is 0 Å². The van der Waals surface area contributed by atoms with Crippen molar-refractivity contribution >= 4 is 23.4 Å². The molecule has 1 aromatic carbocycles. The number of hydrogen-bond donors (Lipinski definition) is 1. The monoisotopic (exact) mass is 276 g/mol. The standard InChI is InChI=1S/C15H20N2OS/c1-2-3-10-19-11-6-9-15(18)17-14-8-5-4-7-13(14)12-16/h4-5,7-8H,2-3,6,9-11H2,1H3,(H,17,18). The van der Waals surface area contributed by atoms with Gasteiger partial charge in [-0.1, -0.05) is 25.5 Å². The van der Waals surface area contributed by atoms with Gasteiger partial charge in [0.1, 0.15) is 6.07 Å². The van der Waals surface area contributed by atoms with E-state index in [2.05, 4.69) is 18.3 Å². The number of para-hydroxylation sites is 1. The Bertz CT molecular complexity index is 440. The lowest BCUT2D eigenvalue weighted by Gasteiger charge is -2.06. The fourth-order valence-corrected chi connectivity index (χ4v) is 2.63. The predicted octanol–water partition coefficient (Wildman–Crippen LogP) is 3.81. The second-order valence-electron chi connectivity index (χ2n) is 4.28. The molecule has 0 aliphatic rings. The molecule has 102 valence electrons. The molecule has 0 bridgehead atoms. The maximum atomic E-state index is 11.7. The second kappa shape index (κ2) is 9.46. The van der Waals surface area contributed by atoms with Crippen molar-refractivity contribution in [1.29, 1.82) is 5.26 Å². The zero-order valence-electron chi connectivity index (χ0n) is 11.3. The van der Waals surface area contributed by atoms with Gasteiger partial charge < -0.3 is 5.32 Å². The number of carbonyl (C=O) groups is 1. The van der Waals surface area contributed by atoms with E-state index in [1.165, 1.54) is 18.6 Å². The highest BCUT2D eigenvalue weighted by atomic mass is 32.2. The van der Waals surface area contributed by atoms with Crippen molar-refractivity contribution in [3.8, 4) is 6.07 Å². The first-order valence-corrected chi connectivity index (χ1v) is 7.80. The van der Waals surface area contributed by atoms with Crippen LogP contribution < -0.4 is 5.32 Å². The largest absolute Gasteiger partial charge is 0.325 e. The van der Waals surface area contributed by atoms with Crippen LogP contribution in [-0.2, 0) is 4.79 Å². The first kappa shape index (κ1) is 15.6. The number of nitrogens with one attached hydrogen (secondary N) is 1. The van der Waals surface area contributed by atoms with Crippen LogP contribution in [0.3, 0.4) is 0 Å². The van der Waals surface area contributed by atoms with Gasteiger partial charge in [-0.05, 0) is 36.5 Å². The number of benzene rings is 1. The lowest BCUT2D eigenvalue weighted by molar-refractivity contribution is -0.116. The highest BCUT2D eigenvalue weighted by molar-refractivity contribution is 7.99. The molecule has 0 radical (unpaired) electrons. The minimum atomic E-state index is -0.0150. The van der Waals surface area contributed by atoms with Gasteiger partial charge in [0, 0.05) is 6.42 Å². The van der Waals surface area contributed by atoms with Crippen LogP contribution in [-0.4, -0.2) is 17.4 Å². The third kappa shape index (κ3) is 6.30. The molecule has 0 fully saturated rings. The van der Waals surface area contributed by atoms with Crippen molar-refractivity contribution in [2.24, 2.45) is 0 Å². The Labute approximate surface area is 119 Å². The Morgan fingerprint density at radius 3 is 2.79 bits per heavy atom. The molecule has 4 heteroatoms. The number of hydrogen-bond acceptors (Lipinski definition) is 3. The van der Waals surface area contributed by atoms with Gasteiger partial charge in [-0.2, -0.15) is 17.0 Å². The van der Waals surface area contributed by atoms with Crippen LogP contribution >= 0.6 is 11.8 Å². The van der Waals surface area contributed by atoms with E-state index in [0.717, 1.165) is 12.2 Å². The van der Waals surface area contributed by atoms with Gasteiger partial charge in [0.15, 0.2) is 0 Å². The van der Waals surface area contributed by atoms with Crippen molar-refractivity contribution in [2.75, 3.05) is 16.8 Å². The van der Waals surface area contributed by atoms with Gasteiger partial charge in [0.25, 0.3) is 0 Å². The summed E-state index contributed by atoms with van der Waals surface area (Å²) < 4.78 is 0. The van der Waals surface area contributed by atoms with Gasteiger partial charge >= 0.3 is 0 Å². The Kier molecular flexibility index (Phi) is 7.76. The molecular formula is C15H20N2OS. The Hall–Kier alpha value is -1.47. The minimum absolute atomic E-state index is 0.0150. The summed E-state index contributed by atoms with van der Waals surface area (Å²) in [4.78, 5) is 11.7. The average molecular weight is 276 g/mol. The lowest BCUT2D eigenvalue weighted by atomic mass is 10.2. The summed E-state index contributed by atoms with van der Waals surface area (Å²) in [6.45, 7) is 2.18. The number of nitrogens with zero attached hydrogens (tertiary/aromatic N) is 1. The highest BCUT2D eigenvalue weighted by Gasteiger charge is 2.05. The minimum Gasteiger partial charge on any atom is -0.325 e. The van der Waals surface area contributed by atoms with E-state index in [0.29, 0.717) is 17.7 Å². The zero-order chi connectivity index (χ0) is 13.9. The van der Waals surface area contributed by atoms with Crippen molar-refractivity contribution in [1.82, 2.24) is 0 Å². The molecule has 0 saturated heterocycles. The van der Waals surface area contributed by atoms with Crippen LogP contribution in [0.15, 0.2) is 24.3 Å². The normalized spacial score (nSPS) is 9.89. The Morgan fingerprint density at radius 1 is 1.32 bits per heavy atom. The maximum absolute atomic E-state index is 11.7. The molecule has 3 nitrogen and oxygen atoms in total. The average Bonchev–Trinajstić information content (AvgIpc) is 2.43. The Balaban J connectivity index is 2.26. The summed E-state index contributed by atoms with van der Waals surface area (Å²) in [5.74, 6) is 2.18. The quantitative estimate of drug-likeness (QED) is 0.734. The molecule has 1 amide bonds. The molecule has 0 atom stereocenters. The van der Waals surface area contributed by atoms with Gasteiger partial charge in [-0.15, -0.1) is 0 Å². The fourth-order valence-electron chi connectivity index (χ4n) is 1.59. The number of unbranched alkanes of at least 4 members (excludes halogenated alkanes) is 1. The topological polar surface area (TPSA) is 52.9 Å². The molecule has 19 heavy (non-hydrogen) atoms. The van der Waals surface area contributed by atoms with Crippen molar-refractivity contribution < 1.29 is 4.79 Å². The van der Waals surface area contributed by atoms with Gasteiger partial charge in [-0.3, -0.25) is 4.79 Å². The molecular weight excluding hydrogens is 256 g/mol. The van der Waals surface area contributed by atoms with Crippen LogP contribution in [0.25, 0.3) is 0 Å². The van der Waals surface area contributed by atoms with Crippen molar-refractivity contribution in [2.45, 2.75) is 32.6 Å². The number of anilines is 1. The van der Waals surface area contributed by atoms with E-state index in [9.17, 15) is 4.79 Å². The van der Waals surface area contributed by atoms with E-state index >= 15 is 0 Å². The van der Waals surface area contributed by atoms with Crippen LogP contribution in [0.1, 0.15) is 38.2 Å². The summed E-state index contributed by atoms with van der Waals surface area (Å²) in [5.41, 5.74) is 1.11. The van der Waals surface area contributed by atoms with Crippen LogP contribution in [0, 0.1) is 11.3 Å². The number of thioether (sulfide) groups is 1. The van der Waals surface area contributed by atoms with Crippen LogP contribution in [0.4, 0.5) is 5.69 Å². The Morgan fingerprint density at radius 2 is 2.05 bits per heavy atom. The molecule has 0 spiro atoms. The van der Waals surface area contributed by atoms with Gasteiger partial charge in [-0.25, -0.2) is 0 Å². The summed E-state index contributed by atoms with van der Waals surface area (Å²) >= 11 is 1.90. The second-order valence-corrected chi connectivity index (χ2v) is 5.50. The lowest BCUT2D eigenvalue weighted by Crippen LogP contribution is -2.12. The first-order valence-electron chi connectivity index (χ1n) is 6.64. The third-order valence-electron chi connectivity index (χ3n) is 2.66. The fraction of sp³-hybridized carbons (Fsp3) is 0.467. The summed E-state index contributed by atoms with van der Waals surface area (Å²) in [5, 5.41) is 11.7.